The van der Waals surface area contributed by atoms with Crippen LogP contribution in [-0.2, 0) is 32.6 Å². The number of ether oxygens (including phenoxy) is 5. The third-order valence-electron chi connectivity index (χ3n) is 8.01. The number of sulfone groups is 1. The maximum absolute atomic E-state index is 15.7. The van der Waals surface area contributed by atoms with Gasteiger partial charge in [0.25, 0.3) is 0 Å². The van der Waals surface area contributed by atoms with E-state index in [1.807, 2.05) is 62.4 Å². The molecule has 0 saturated heterocycles. The molecule has 0 radical (unpaired) electrons. The van der Waals surface area contributed by atoms with Crippen LogP contribution in [0.25, 0.3) is 11.1 Å². The summed E-state index contributed by atoms with van der Waals surface area (Å²) in [6.07, 6.45) is 1.83. The highest BCUT2D eigenvalue weighted by molar-refractivity contribution is 7.90. The van der Waals surface area contributed by atoms with Crippen LogP contribution in [0.5, 0.6) is 23.0 Å². The molecule has 0 unspecified atom stereocenters. The Balaban J connectivity index is 1.39. The van der Waals surface area contributed by atoms with E-state index >= 15 is 4.39 Å². The molecule has 8 nitrogen and oxygen atoms in total. The first kappa shape index (κ1) is 33.8. The van der Waals surface area contributed by atoms with Gasteiger partial charge in [0, 0.05) is 34.9 Å². The number of fused-ring (bicyclic) bond motifs is 1. The van der Waals surface area contributed by atoms with Gasteiger partial charge in [0.05, 0.1) is 32.5 Å². The third-order valence-corrected chi connectivity index (χ3v) is 9.04. The second kappa shape index (κ2) is 14.9. The molecule has 5 rings (SSSR count). The standard InChI is InChI=1S/C37H39FO8S/c1-24-15-31(43-13-8-14-47(4,40)41)16-25(2)37(24)33-17-28(34(38)18-26(33)21-44-29-9-6-5-7-10-29)23-45-30-11-12-32-27(19-36(39)42-3)22-46-35(32)20-30/h5-7,9-12,15-18,20,27H,8,13-14,19,21-23H2,1-4H3/t27-/m1/s1. The second-order valence-corrected chi connectivity index (χ2v) is 14.0. The average molecular weight is 663 g/mol. The number of carbonyl (C=O) groups is 1. The fourth-order valence-electron chi connectivity index (χ4n) is 5.70. The van der Waals surface area contributed by atoms with E-state index in [1.54, 1.807) is 18.2 Å². The number of methoxy groups -OCH3 is 1. The Bertz CT molecular complexity index is 1820. The molecule has 0 fully saturated rings. The minimum absolute atomic E-state index is 0.0251. The first-order valence-electron chi connectivity index (χ1n) is 15.4. The van der Waals surface area contributed by atoms with E-state index in [1.165, 1.54) is 19.4 Å². The molecule has 0 N–H and O–H groups in total. The zero-order valence-corrected chi connectivity index (χ0v) is 27.8. The van der Waals surface area contributed by atoms with Gasteiger partial charge in [-0.15, -0.1) is 0 Å². The highest BCUT2D eigenvalue weighted by Gasteiger charge is 2.27. The van der Waals surface area contributed by atoms with Crippen molar-refractivity contribution in [2.24, 2.45) is 0 Å². The first-order valence-corrected chi connectivity index (χ1v) is 17.4. The summed E-state index contributed by atoms with van der Waals surface area (Å²) in [6, 6.07) is 21.9. The predicted molar refractivity (Wildman–Crippen MR) is 178 cm³/mol. The summed E-state index contributed by atoms with van der Waals surface area (Å²) in [5.74, 6) is 1.71. The lowest BCUT2D eigenvalue weighted by atomic mass is 9.90. The number of rotatable bonds is 14. The Morgan fingerprint density at radius 1 is 0.872 bits per heavy atom. The maximum Gasteiger partial charge on any atom is 0.306 e. The molecule has 1 aliphatic rings. The van der Waals surface area contributed by atoms with E-state index < -0.39 is 15.7 Å². The van der Waals surface area contributed by atoms with Crippen molar-refractivity contribution < 1.29 is 41.3 Å². The van der Waals surface area contributed by atoms with Gasteiger partial charge in [-0.25, -0.2) is 12.8 Å². The van der Waals surface area contributed by atoms with E-state index in [-0.39, 0.29) is 43.9 Å². The van der Waals surface area contributed by atoms with Crippen molar-refractivity contribution >= 4 is 15.8 Å². The topological polar surface area (TPSA) is 97.4 Å². The molecule has 0 saturated carbocycles. The predicted octanol–water partition coefficient (Wildman–Crippen LogP) is 7.12. The minimum Gasteiger partial charge on any atom is -0.494 e. The van der Waals surface area contributed by atoms with Crippen LogP contribution < -0.4 is 18.9 Å². The molecule has 1 heterocycles. The van der Waals surface area contributed by atoms with Gasteiger partial charge in [-0.2, -0.15) is 0 Å². The molecule has 1 atom stereocenters. The van der Waals surface area contributed by atoms with E-state index in [0.717, 1.165) is 27.8 Å². The maximum atomic E-state index is 15.7. The molecule has 0 aliphatic carbocycles. The Kier molecular flexibility index (Phi) is 10.7. The van der Waals surface area contributed by atoms with Crippen LogP contribution in [0.4, 0.5) is 4.39 Å². The van der Waals surface area contributed by atoms with Gasteiger partial charge in [0.2, 0.25) is 0 Å². The molecule has 4 aromatic carbocycles. The molecule has 1 aliphatic heterocycles. The molecular weight excluding hydrogens is 623 g/mol. The van der Waals surface area contributed by atoms with E-state index in [9.17, 15) is 13.2 Å². The number of benzene rings is 4. The normalized spacial score (nSPS) is 13.9. The second-order valence-electron chi connectivity index (χ2n) is 11.7. The molecule has 248 valence electrons. The zero-order valence-electron chi connectivity index (χ0n) is 27.0. The molecular formula is C37H39FO8S. The van der Waals surface area contributed by atoms with Gasteiger partial charge in [0.15, 0.2) is 0 Å². The van der Waals surface area contributed by atoms with Crippen molar-refractivity contribution in [2.75, 3.05) is 32.3 Å². The molecule has 47 heavy (non-hydrogen) atoms. The first-order chi connectivity index (χ1) is 22.5. The quantitative estimate of drug-likeness (QED) is 0.104. The van der Waals surface area contributed by atoms with Crippen LogP contribution in [0.2, 0.25) is 0 Å². The van der Waals surface area contributed by atoms with Crippen LogP contribution in [0.1, 0.15) is 46.6 Å². The summed E-state index contributed by atoms with van der Waals surface area (Å²) in [5, 5.41) is 0. The van der Waals surface area contributed by atoms with E-state index in [2.05, 4.69) is 0 Å². The summed E-state index contributed by atoms with van der Waals surface area (Å²) in [5.41, 5.74) is 5.51. The van der Waals surface area contributed by atoms with Crippen molar-refractivity contribution in [3.8, 4) is 34.1 Å². The van der Waals surface area contributed by atoms with Crippen LogP contribution in [0.15, 0.2) is 72.8 Å². The smallest absolute Gasteiger partial charge is 0.306 e. The number of para-hydroxylation sites is 1. The van der Waals surface area contributed by atoms with E-state index in [0.29, 0.717) is 47.2 Å². The van der Waals surface area contributed by atoms with E-state index in [4.69, 9.17) is 23.7 Å². The van der Waals surface area contributed by atoms with Crippen LogP contribution in [0, 0.1) is 19.7 Å². The van der Waals surface area contributed by atoms with Gasteiger partial charge < -0.3 is 23.7 Å². The lowest BCUT2D eigenvalue weighted by Crippen LogP contribution is -2.09. The Hall–Kier alpha value is -4.57. The van der Waals surface area contributed by atoms with Crippen molar-refractivity contribution in [1.82, 2.24) is 0 Å². The lowest BCUT2D eigenvalue weighted by Gasteiger charge is -2.19. The molecule has 0 spiro atoms. The summed E-state index contributed by atoms with van der Waals surface area (Å²) in [4.78, 5) is 11.8. The average Bonchev–Trinajstić information content (AvgIpc) is 3.43. The van der Waals surface area contributed by atoms with Gasteiger partial charge in [0.1, 0.15) is 51.9 Å². The van der Waals surface area contributed by atoms with Crippen molar-refractivity contribution in [1.29, 1.82) is 0 Å². The fraction of sp³-hybridized carbons (Fsp3) is 0.324. The minimum atomic E-state index is -3.06. The number of aryl methyl sites for hydroxylation is 2. The van der Waals surface area contributed by atoms with Crippen molar-refractivity contribution in [3.05, 3.63) is 106 Å². The molecule has 0 bridgehead atoms. The number of carbonyl (C=O) groups excluding carboxylic acids is 1. The van der Waals surface area contributed by atoms with Crippen LogP contribution in [0.3, 0.4) is 0 Å². The largest absolute Gasteiger partial charge is 0.494 e. The Labute approximate surface area is 275 Å². The highest BCUT2D eigenvalue weighted by Crippen LogP contribution is 2.39. The van der Waals surface area contributed by atoms with Crippen molar-refractivity contribution in [3.63, 3.8) is 0 Å². The van der Waals surface area contributed by atoms with Crippen LogP contribution in [-0.4, -0.2) is 46.7 Å². The fourth-order valence-corrected chi connectivity index (χ4v) is 6.35. The monoisotopic (exact) mass is 662 g/mol. The van der Waals surface area contributed by atoms with Gasteiger partial charge in [-0.1, -0.05) is 24.3 Å². The summed E-state index contributed by atoms with van der Waals surface area (Å²) >= 11 is 0. The molecule has 0 aromatic heterocycles. The number of esters is 1. The zero-order chi connectivity index (χ0) is 33.6. The number of hydrogen-bond acceptors (Lipinski definition) is 8. The molecule has 4 aromatic rings. The molecule has 10 heteroatoms. The van der Waals surface area contributed by atoms with Gasteiger partial charge >= 0.3 is 5.97 Å². The van der Waals surface area contributed by atoms with Gasteiger partial charge in [-0.3, -0.25) is 4.79 Å². The SMILES string of the molecule is COC(=O)C[C@@H]1COc2cc(OCc3cc(-c4c(C)cc(OCCCS(C)(=O)=O)cc4C)c(COc4ccccc4)cc3F)ccc21. The van der Waals surface area contributed by atoms with Crippen molar-refractivity contribution in [2.45, 2.75) is 45.8 Å². The number of halogens is 1. The lowest BCUT2D eigenvalue weighted by molar-refractivity contribution is -0.141. The summed E-state index contributed by atoms with van der Waals surface area (Å²) in [6.45, 7) is 4.70. The highest BCUT2D eigenvalue weighted by atomic mass is 32.2. The summed E-state index contributed by atoms with van der Waals surface area (Å²) < 4.78 is 67.2. The summed E-state index contributed by atoms with van der Waals surface area (Å²) in [7, 11) is -1.70. The van der Waals surface area contributed by atoms with Crippen LogP contribution >= 0.6 is 0 Å². The Morgan fingerprint density at radius 3 is 2.28 bits per heavy atom. The third kappa shape index (κ3) is 8.83. The van der Waals surface area contributed by atoms with Gasteiger partial charge in [-0.05, 0) is 85.0 Å². The number of hydrogen-bond donors (Lipinski definition) is 0. The molecule has 0 amide bonds. The Morgan fingerprint density at radius 2 is 1.57 bits per heavy atom.